The zero-order valence-corrected chi connectivity index (χ0v) is 20.0. The zero-order valence-electron chi connectivity index (χ0n) is 16.1. The number of hydrogen-bond donors (Lipinski definition) is 0. The van der Waals surface area contributed by atoms with Gasteiger partial charge in [0, 0.05) is 0 Å². The second kappa shape index (κ2) is 8.77. The van der Waals surface area contributed by atoms with Crippen LogP contribution >= 0.6 is 17.0 Å². The van der Waals surface area contributed by atoms with Gasteiger partial charge < -0.3 is 0 Å². The summed E-state index contributed by atoms with van der Waals surface area (Å²) in [7, 11) is 13.3. The topological polar surface area (TPSA) is 0 Å². The molecule has 137 valence electrons. The SMILES string of the molecule is CCCCC1=Cc2c(ccc(C)c2-c2ccccc2C(C)C)[CH]1[Zr]([Cl])[Cl]. The van der Waals surface area contributed by atoms with Gasteiger partial charge in [-0.25, -0.2) is 0 Å². The van der Waals surface area contributed by atoms with E-state index in [2.05, 4.69) is 70.2 Å². The van der Waals surface area contributed by atoms with Crippen molar-refractivity contribution in [2.24, 2.45) is 0 Å². The van der Waals surface area contributed by atoms with Gasteiger partial charge in [-0.05, 0) is 0 Å². The van der Waals surface area contributed by atoms with Gasteiger partial charge in [0.1, 0.15) is 0 Å². The van der Waals surface area contributed by atoms with Gasteiger partial charge in [0.25, 0.3) is 0 Å². The summed E-state index contributed by atoms with van der Waals surface area (Å²) in [5.74, 6) is 0.495. The van der Waals surface area contributed by atoms with Crippen LogP contribution in [-0.4, -0.2) is 0 Å². The van der Waals surface area contributed by atoms with Crippen LogP contribution in [0.3, 0.4) is 0 Å². The van der Waals surface area contributed by atoms with Crippen LogP contribution in [0, 0.1) is 6.92 Å². The van der Waals surface area contributed by atoms with Crippen LogP contribution in [0.2, 0.25) is 0 Å². The molecule has 2 aromatic carbocycles. The molecule has 1 unspecified atom stereocenters. The zero-order chi connectivity index (χ0) is 18.8. The van der Waals surface area contributed by atoms with E-state index in [0.29, 0.717) is 9.54 Å². The molecule has 1 aliphatic carbocycles. The minimum atomic E-state index is -2.45. The van der Waals surface area contributed by atoms with Gasteiger partial charge >= 0.3 is 174 Å². The normalized spacial score (nSPS) is 16.0. The van der Waals surface area contributed by atoms with Crippen molar-refractivity contribution in [3.8, 4) is 11.1 Å². The molecule has 0 nitrogen and oxygen atoms in total. The third-order valence-corrected chi connectivity index (χ3v) is 10.7. The molecule has 3 heteroatoms. The first-order chi connectivity index (χ1) is 12.5. The quantitative estimate of drug-likeness (QED) is 0.402. The third kappa shape index (κ3) is 3.92. The number of allylic oxidation sites excluding steroid dienone is 1. The molecule has 2 aromatic rings. The van der Waals surface area contributed by atoms with Crippen molar-refractivity contribution in [1.29, 1.82) is 0 Å². The number of fused-ring (bicyclic) bond motifs is 1. The molecule has 0 N–H and O–H groups in total. The molecule has 26 heavy (non-hydrogen) atoms. The molecule has 0 heterocycles. The number of aryl methyl sites for hydroxylation is 1. The summed E-state index contributed by atoms with van der Waals surface area (Å²) in [5, 5.41) is 0. The maximum atomic E-state index is 6.63. The average Bonchev–Trinajstić information content (AvgIpc) is 2.98. The molecule has 0 saturated heterocycles. The predicted molar refractivity (Wildman–Crippen MR) is 113 cm³/mol. The van der Waals surface area contributed by atoms with Crippen molar-refractivity contribution in [2.45, 2.75) is 56.5 Å². The van der Waals surface area contributed by atoms with E-state index in [0.717, 1.165) is 6.42 Å². The molecule has 0 radical (unpaired) electrons. The Kier molecular flexibility index (Phi) is 6.87. The minimum absolute atomic E-state index is 0.313. The van der Waals surface area contributed by atoms with Gasteiger partial charge in [-0.2, -0.15) is 0 Å². The Labute approximate surface area is 173 Å². The fraction of sp³-hybridized carbons (Fsp3) is 0.391. The van der Waals surface area contributed by atoms with Gasteiger partial charge in [-0.1, -0.05) is 0 Å². The molecule has 1 atom stereocenters. The van der Waals surface area contributed by atoms with Crippen LogP contribution in [0.4, 0.5) is 0 Å². The summed E-state index contributed by atoms with van der Waals surface area (Å²) in [4.78, 5) is 0. The van der Waals surface area contributed by atoms with E-state index in [9.17, 15) is 0 Å². The van der Waals surface area contributed by atoms with Crippen LogP contribution in [0.25, 0.3) is 17.2 Å². The Morgan fingerprint density at radius 1 is 1.08 bits per heavy atom. The Balaban J connectivity index is 2.21. The molecule has 0 spiro atoms. The third-order valence-electron chi connectivity index (χ3n) is 5.39. The van der Waals surface area contributed by atoms with Crippen molar-refractivity contribution >= 4 is 23.1 Å². The molecule has 0 aliphatic heterocycles. The maximum absolute atomic E-state index is 6.63. The summed E-state index contributed by atoms with van der Waals surface area (Å²) in [6.45, 7) is 9.01. The van der Waals surface area contributed by atoms with Crippen LogP contribution in [-0.2, 0) is 19.4 Å². The van der Waals surface area contributed by atoms with Crippen LogP contribution in [0.1, 0.15) is 71.8 Å². The standard InChI is InChI=1S/C23H27.2ClH.Zr/c1-5-6-9-18-14-19-13-12-17(4)23(22(19)15-18)21-11-8-7-10-20(21)16(2)3;;;/h7-8,10-16H,5-6,9H2,1-4H3;2*1H;/q;;;+2/p-2. The number of halogens is 2. The van der Waals surface area contributed by atoms with E-state index in [1.807, 2.05) is 0 Å². The van der Waals surface area contributed by atoms with Crippen LogP contribution in [0.5, 0.6) is 0 Å². The molecular formula is C23H27Cl2Zr. The second-order valence-corrected chi connectivity index (χ2v) is 16.4. The first kappa shape index (κ1) is 20.4. The van der Waals surface area contributed by atoms with Crippen molar-refractivity contribution < 1.29 is 19.4 Å². The number of rotatable bonds is 6. The monoisotopic (exact) mass is 463 g/mol. The summed E-state index contributed by atoms with van der Waals surface area (Å²) < 4.78 is 0.313. The van der Waals surface area contributed by atoms with Crippen molar-refractivity contribution in [2.75, 3.05) is 0 Å². The summed E-state index contributed by atoms with van der Waals surface area (Å²) in [6, 6.07) is 13.4. The fourth-order valence-corrected chi connectivity index (χ4v) is 9.56. The Morgan fingerprint density at radius 3 is 2.46 bits per heavy atom. The Bertz CT molecular complexity index is 821. The van der Waals surface area contributed by atoms with Crippen molar-refractivity contribution in [3.05, 3.63) is 64.2 Å². The number of hydrogen-bond acceptors (Lipinski definition) is 0. The summed E-state index contributed by atoms with van der Waals surface area (Å²) >= 11 is -2.45. The Morgan fingerprint density at radius 2 is 1.81 bits per heavy atom. The first-order valence-corrected chi connectivity index (χ1v) is 17.3. The van der Waals surface area contributed by atoms with Gasteiger partial charge in [0.05, 0.1) is 0 Å². The van der Waals surface area contributed by atoms with E-state index < -0.39 is 19.4 Å². The van der Waals surface area contributed by atoms with E-state index in [1.54, 1.807) is 0 Å². The van der Waals surface area contributed by atoms with E-state index in [-0.39, 0.29) is 0 Å². The number of benzene rings is 2. The summed E-state index contributed by atoms with van der Waals surface area (Å²) in [6.07, 6.45) is 5.94. The molecular weight excluding hydrogens is 438 g/mol. The van der Waals surface area contributed by atoms with Gasteiger partial charge in [-0.15, -0.1) is 0 Å². The molecule has 0 aromatic heterocycles. The molecule has 0 bridgehead atoms. The van der Waals surface area contributed by atoms with Gasteiger partial charge in [0.2, 0.25) is 0 Å². The number of unbranched alkanes of at least 4 members (excludes halogenated alkanes) is 1. The molecule has 0 fully saturated rings. The Hall–Kier alpha value is -0.357. The molecule has 3 rings (SSSR count). The van der Waals surface area contributed by atoms with Crippen LogP contribution in [0.15, 0.2) is 42.0 Å². The van der Waals surface area contributed by atoms with Crippen molar-refractivity contribution in [1.82, 2.24) is 0 Å². The molecule has 0 amide bonds. The second-order valence-electron chi connectivity index (χ2n) is 7.55. The predicted octanol–water partition coefficient (Wildman–Crippen LogP) is 8.34. The van der Waals surface area contributed by atoms with E-state index in [1.165, 1.54) is 51.8 Å². The fourth-order valence-electron chi connectivity index (χ4n) is 4.06. The van der Waals surface area contributed by atoms with Crippen molar-refractivity contribution in [3.63, 3.8) is 0 Å². The summed E-state index contributed by atoms with van der Waals surface area (Å²) in [5.41, 5.74) is 9.68. The molecule has 0 saturated carbocycles. The first-order valence-electron chi connectivity index (χ1n) is 9.56. The van der Waals surface area contributed by atoms with E-state index >= 15 is 0 Å². The van der Waals surface area contributed by atoms with Crippen LogP contribution < -0.4 is 0 Å². The van der Waals surface area contributed by atoms with Gasteiger partial charge in [0.15, 0.2) is 0 Å². The van der Waals surface area contributed by atoms with E-state index in [4.69, 9.17) is 17.0 Å². The van der Waals surface area contributed by atoms with Gasteiger partial charge in [-0.3, -0.25) is 0 Å². The average molecular weight is 466 g/mol. The molecule has 1 aliphatic rings.